The van der Waals surface area contributed by atoms with Crippen molar-refractivity contribution in [1.29, 1.82) is 0 Å². The second kappa shape index (κ2) is 7.38. The molecule has 2 amide bonds. The quantitative estimate of drug-likeness (QED) is 0.815. The molecule has 1 fully saturated rings. The zero-order valence-corrected chi connectivity index (χ0v) is 16.4. The number of furan rings is 1. The predicted octanol–water partition coefficient (Wildman–Crippen LogP) is 1.78. The first-order valence-electron chi connectivity index (χ1n) is 8.89. The van der Waals surface area contributed by atoms with Crippen molar-refractivity contribution >= 4 is 17.8 Å². The topological polar surface area (TPSA) is 82.8 Å². The molecule has 0 saturated carbocycles. The molecule has 0 spiro atoms. The van der Waals surface area contributed by atoms with Crippen LogP contribution in [0, 0.1) is 6.92 Å². The number of likely N-dealkylation sites (tertiary alicyclic amines) is 1. The highest BCUT2D eigenvalue weighted by Crippen LogP contribution is 2.30. The van der Waals surface area contributed by atoms with Gasteiger partial charge in [-0.3, -0.25) is 9.59 Å². The lowest BCUT2D eigenvalue weighted by molar-refractivity contribution is 0.0788. The summed E-state index contributed by atoms with van der Waals surface area (Å²) in [6.45, 7) is 2.91. The second-order valence-corrected chi connectivity index (χ2v) is 7.19. The van der Waals surface area contributed by atoms with Gasteiger partial charge in [-0.2, -0.15) is 0 Å². The number of hydrogen-bond donors (Lipinski definition) is 0. The number of aromatic nitrogens is 2. The number of rotatable bonds is 4. The first-order chi connectivity index (χ1) is 12.8. The Balaban J connectivity index is 1.89. The molecule has 1 atom stereocenters. The van der Waals surface area contributed by atoms with E-state index in [4.69, 9.17) is 4.42 Å². The maximum Gasteiger partial charge on any atom is 0.257 e. The summed E-state index contributed by atoms with van der Waals surface area (Å²) in [6.07, 6.45) is 3.86. The summed E-state index contributed by atoms with van der Waals surface area (Å²) in [6, 6.07) is 1.70. The van der Waals surface area contributed by atoms with Crippen LogP contribution >= 0.6 is 0 Å². The molecule has 0 aliphatic carbocycles. The van der Waals surface area contributed by atoms with Gasteiger partial charge in [0.15, 0.2) is 0 Å². The summed E-state index contributed by atoms with van der Waals surface area (Å²) in [5.41, 5.74) is 1.77. The molecule has 1 aliphatic heterocycles. The van der Waals surface area contributed by atoms with Gasteiger partial charge in [-0.1, -0.05) is 0 Å². The molecule has 0 radical (unpaired) electrons. The minimum Gasteiger partial charge on any atom is -0.469 e. The Labute approximate surface area is 158 Å². The van der Waals surface area contributed by atoms with E-state index in [-0.39, 0.29) is 17.7 Å². The van der Waals surface area contributed by atoms with Gasteiger partial charge in [-0.05, 0) is 19.4 Å². The van der Waals surface area contributed by atoms with Gasteiger partial charge in [0, 0.05) is 53.4 Å². The highest BCUT2D eigenvalue weighted by molar-refractivity contribution is 5.96. The summed E-state index contributed by atoms with van der Waals surface area (Å²) < 4.78 is 5.25. The Bertz CT molecular complexity index is 859. The van der Waals surface area contributed by atoms with E-state index in [2.05, 4.69) is 9.97 Å². The molecule has 144 valence electrons. The lowest BCUT2D eigenvalue weighted by atomic mass is 9.99. The van der Waals surface area contributed by atoms with Crippen LogP contribution in [-0.2, 0) is 0 Å². The average molecular weight is 371 g/mol. The fraction of sp³-hybridized carbons (Fsp3) is 0.474. The van der Waals surface area contributed by atoms with E-state index in [1.807, 2.05) is 14.1 Å². The Morgan fingerprint density at radius 3 is 2.56 bits per heavy atom. The summed E-state index contributed by atoms with van der Waals surface area (Å²) >= 11 is 0. The van der Waals surface area contributed by atoms with Crippen molar-refractivity contribution in [2.45, 2.75) is 19.3 Å². The Morgan fingerprint density at radius 1 is 1.22 bits per heavy atom. The van der Waals surface area contributed by atoms with Gasteiger partial charge >= 0.3 is 0 Å². The summed E-state index contributed by atoms with van der Waals surface area (Å²) in [7, 11) is 7.13. The Morgan fingerprint density at radius 2 is 1.96 bits per heavy atom. The molecule has 1 saturated heterocycles. The highest BCUT2D eigenvalue weighted by Gasteiger charge is 2.33. The maximum absolute atomic E-state index is 12.8. The summed E-state index contributed by atoms with van der Waals surface area (Å²) in [5, 5.41) is 0. The molecular formula is C19H25N5O3. The van der Waals surface area contributed by atoms with Crippen LogP contribution in [0.2, 0.25) is 0 Å². The minimum absolute atomic E-state index is 0.0123. The summed E-state index contributed by atoms with van der Waals surface area (Å²) in [4.78, 5) is 39.4. The highest BCUT2D eigenvalue weighted by atomic mass is 16.3. The third-order valence-electron chi connectivity index (χ3n) is 4.79. The minimum atomic E-state index is -0.134. The monoisotopic (exact) mass is 371 g/mol. The van der Waals surface area contributed by atoms with Gasteiger partial charge in [0.2, 0.25) is 5.95 Å². The van der Waals surface area contributed by atoms with E-state index < -0.39 is 0 Å². The third kappa shape index (κ3) is 3.65. The van der Waals surface area contributed by atoms with E-state index in [1.54, 1.807) is 43.1 Å². The van der Waals surface area contributed by atoms with Gasteiger partial charge in [-0.25, -0.2) is 9.97 Å². The van der Waals surface area contributed by atoms with Crippen molar-refractivity contribution in [1.82, 2.24) is 19.8 Å². The van der Waals surface area contributed by atoms with Crippen molar-refractivity contribution in [3.63, 3.8) is 0 Å². The Hall–Kier alpha value is -2.90. The molecule has 1 aliphatic rings. The smallest absolute Gasteiger partial charge is 0.257 e. The first kappa shape index (κ1) is 18.9. The van der Waals surface area contributed by atoms with E-state index in [0.717, 1.165) is 6.42 Å². The largest absolute Gasteiger partial charge is 0.469 e. The van der Waals surface area contributed by atoms with Crippen molar-refractivity contribution in [2.75, 3.05) is 46.2 Å². The fourth-order valence-electron chi connectivity index (χ4n) is 3.26. The number of nitrogens with zero attached hydrogens (tertiary/aromatic N) is 5. The number of aryl methyl sites for hydroxylation is 1. The molecule has 0 bridgehead atoms. The molecule has 8 nitrogen and oxygen atoms in total. The molecule has 0 aromatic carbocycles. The maximum atomic E-state index is 12.8. The van der Waals surface area contributed by atoms with Crippen molar-refractivity contribution in [3.05, 3.63) is 41.1 Å². The van der Waals surface area contributed by atoms with Crippen LogP contribution in [0.15, 0.2) is 22.9 Å². The van der Waals surface area contributed by atoms with Crippen LogP contribution in [0.4, 0.5) is 5.95 Å². The van der Waals surface area contributed by atoms with Gasteiger partial charge < -0.3 is 19.1 Å². The third-order valence-corrected chi connectivity index (χ3v) is 4.79. The predicted molar refractivity (Wildman–Crippen MR) is 101 cm³/mol. The van der Waals surface area contributed by atoms with Gasteiger partial charge in [-0.15, -0.1) is 0 Å². The lowest BCUT2D eigenvalue weighted by Gasteiger charge is -2.20. The fourth-order valence-corrected chi connectivity index (χ4v) is 3.26. The van der Waals surface area contributed by atoms with Crippen LogP contribution in [0.1, 0.15) is 44.5 Å². The SMILES string of the molecule is Cc1occc1C(=O)N1CCC(c2nc(N(C)C)ncc2C(=O)N(C)C)C1. The van der Waals surface area contributed by atoms with Crippen LogP contribution in [0.25, 0.3) is 0 Å². The lowest BCUT2D eigenvalue weighted by Crippen LogP contribution is -2.29. The second-order valence-electron chi connectivity index (χ2n) is 7.19. The number of carbonyl (C=O) groups excluding carboxylic acids is 2. The molecule has 2 aromatic heterocycles. The molecular weight excluding hydrogens is 346 g/mol. The zero-order valence-electron chi connectivity index (χ0n) is 16.4. The van der Waals surface area contributed by atoms with Crippen LogP contribution in [-0.4, -0.2) is 72.9 Å². The van der Waals surface area contributed by atoms with Crippen molar-refractivity contribution < 1.29 is 14.0 Å². The van der Waals surface area contributed by atoms with Crippen molar-refractivity contribution in [3.8, 4) is 0 Å². The van der Waals surface area contributed by atoms with E-state index in [0.29, 0.717) is 41.6 Å². The van der Waals surface area contributed by atoms with Gasteiger partial charge in [0.05, 0.1) is 23.1 Å². The average Bonchev–Trinajstić information content (AvgIpc) is 3.29. The van der Waals surface area contributed by atoms with Gasteiger partial charge in [0.1, 0.15) is 5.76 Å². The molecule has 3 heterocycles. The standard InChI is InChI=1S/C19H25N5O3/c1-12-14(7-9-27-12)18(26)24-8-6-13(11-24)16-15(17(25)22(2)3)10-20-19(21-16)23(4)5/h7,9-10,13H,6,8,11H2,1-5H3. The molecule has 8 heteroatoms. The summed E-state index contributed by atoms with van der Waals surface area (Å²) in [5.74, 6) is 0.971. The number of amides is 2. The molecule has 27 heavy (non-hydrogen) atoms. The number of carbonyl (C=O) groups is 2. The normalized spacial score (nSPS) is 16.5. The number of hydrogen-bond acceptors (Lipinski definition) is 6. The van der Waals surface area contributed by atoms with Crippen LogP contribution in [0.3, 0.4) is 0 Å². The van der Waals surface area contributed by atoms with E-state index >= 15 is 0 Å². The van der Waals surface area contributed by atoms with Crippen molar-refractivity contribution in [2.24, 2.45) is 0 Å². The molecule has 3 rings (SSSR count). The van der Waals surface area contributed by atoms with E-state index in [9.17, 15) is 9.59 Å². The zero-order chi connectivity index (χ0) is 19.7. The van der Waals surface area contributed by atoms with Crippen LogP contribution in [0.5, 0.6) is 0 Å². The first-order valence-corrected chi connectivity index (χ1v) is 8.89. The molecule has 2 aromatic rings. The van der Waals surface area contributed by atoms with E-state index in [1.165, 1.54) is 11.2 Å². The molecule has 0 N–H and O–H groups in total. The number of anilines is 1. The molecule has 1 unspecified atom stereocenters. The van der Waals surface area contributed by atoms with Gasteiger partial charge in [0.25, 0.3) is 11.8 Å². The van der Waals surface area contributed by atoms with Crippen LogP contribution < -0.4 is 4.90 Å². The Kier molecular flexibility index (Phi) is 5.16.